The normalized spacial score (nSPS) is 15.7. The van der Waals surface area contributed by atoms with Gasteiger partial charge in [0.05, 0.1) is 6.61 Å². The zero-order chi connectivity index (χ0) is 15.9. The summed E-state index contributed by atoms with van der Waals surface area (Å²) in [4.78, 5) is 2.52. The lowest BCUT2D eigenvalue weighted by molar-refractivity contribution is 0.205. The number of likely N-dealkylation sites (tertiary alicyclic amines) is 1. The van der Waals surface area contributed by atoms with Gasteiger partial charge in [0.25, 0.3) is 0 Å². The van der Waals surface area contributed by atoms with E-state index in [1.54, 1.807) is 0 Å². The molecule has 124 valence electrons. The van der Waals surface area contributed by atoms with Crippen molar-refractivity contribution in [3.63, 3.8) is 0 Å². The molecule has 0 amide bonds. The van der Waals surface area contributed by atoms with E-state index in [0.29, 0.717) is 5.89 Å². The first kappa shape index (κ1) is 16.0. The lowest BCUT2D eigenvalue weighted by Crippen LogP contribution is -2.31. The van der Waals surface area contributed by atoms with E-state index in [4.69, 9.17) is 14.3 Å². The van der Waals surface area contributed by atoms with Gasteiger partial charge in [0.2, 0.25) is 11.8 Å². The predicted octanol–water partition coefficient (Wildman–Crippen LogP) is 2.48. The Balaban J connectivity index is 1.44. The molecule has 6 nitrogen and oxygen atoms in total. The van der Waals surface area contributed by atoms with Crippen LogP contribution >= 0.6 is 0 Å². The highest BCUT2D eigenvalue weighted by atomic mass is 16.5. The van der Waals surface area contributed by atoms with Crippen LogP contribution in [0.5, 0.6) is 5.75 Å². The molecule has 3 rings (SSSR count). The molecule has 0 aliphatic carbocycles. The van der Waals surface area contributed by atoms with E-state index in [-0.39, 0.29) is 12.5 Å². The van der Waals surface area contributed by atoms with E-state index < -0.39 is 0 Å². The topological polar surface area (TPSA) is 71.6 Å². The maximum Gasteiger partial charge on any atom is 0.247 e. The van der Waals surface area contributed by atoms with Crippen LogP contribution in [0.3, 0.4) is 0 Å². The average Bonchev–Trinajstić information content (AvgIpc) is 3.09. The van der Waals surface area contributed by atoms with Crippen molar-refractivity contribution in [3.05, 3.63) is 30.2 Å². The molecule has 0 radical (unpaired) electrons. The minimum atomic E-state index is -0.245. The maximum atomic E-state index is 8.94. The summed E-state index contributed by atoms with van der Waals surface area (Å²) in [7, 11) is 0. The first-order valence-corrected chi connectivity index (χ1v) is 8.24. The van der Waals surface area contributed by atoms with Crippen molar-refractivity contribution in [3.8, 4) is 17.2 Å². The van der Waals surface area contributed by atoms with Gasteiger partial charge in [-0.15, -0.1) is 10.2 Å². The zero-order valence-electron chi connectivity index (χ0n) is 13.3. The Bertz CT molecular complexity index is 591. The number of hydrogen-bond donors (Lipinski definition) is 1. The third-order valence-electron chi connectivity index (χ3n) is 4.04. The molecule has 1 fully saturated rings. The Morgan fingerprint density at radius 2 is 1.87 bits per heavy atom. The van der Waals surface area contributed by atoms with Gasteiger partial charge >= 0.3 is 0 Å². The SMILES string of the molecule is OCc1nnc(-c2ccc(OCCCN3CCCCC3)cc2)o1. The van der Waals surface area contributed by atoms with E-state index in [1.807, 2.05) is 24.3 Å². The number of aromatic nitrogens is 2. The molecular weight excluding hydrogens is 294 g/mol. The summed E-state index contributed by atoms with van der Waals surface area (Å²) < 4.78 is 11.1. The Hall–Kier alpha value is -1.92. The van der Waals surface area contributed by atoms with E-state index >= 15 is 0 Å². The van der Waals surface area contributed by atoms with Gasteiger partial charge in [0, 0.05) is 12.1 Å². The second-order valence-electron chi connectivity index (χ2n) is 5.79. The average molecular weight is 317 g/mol. The minimum Gasteiger partial charge on any atom is -0.494 e. The molecule has 0 bridgehead atoms. The summed E-state index contributed by atoms with van der Waals surface area (Å²) in [6, 6.07) is 7.57. The lowest BCUT2D eigenvalue weighted by atomic mass is 10.1. The molecule has 1 saturated heterocycles. The van der Waals surface area contributed by atoms with Gasteiger partial charge in [-0.05, 0) is 56.6 Å². The predicted molar refractivity (Wildman–Crippen MR) is 86.1 cm³/mol. The van der Waals surface area contributed by atoms with Crippen LogP contribution in [0.25, 0.3) is 11.5 Å². The number of aliphatic hydroxyl groups excluding tert-OH is 1. The van der Waals surface area contributed by atoms with Gasteiger partial charge in [-0.1, -0.05) is 6.42 Å². The summed E-state index contributed by atoms with van der Waals surface area (Å²) in [5.41, 5.74) is 0.817. The monoisotopic (exact) mass is 317 g/mol. The van der Waals surface area contributed by atoms with Crippen molar-refractivity contribution in [2.75, 3.05) is 26.2 Å². The Morgan fingerprint density at radius 3 is 2.57 bits per heavy atom. The Morgan fingerprint density at radius 1 is 1.09 bits per heavy atom. The van der Waals surface area contributed by atoms with Gasteiger partial charge in [0.1, 0.15) is 12.4 Å². The number of aliphatic hydroxyl groups is 1. The van der Waals surface area contributed by atoms with Crippen LogP contribution in [-0.4, -0.2) is 46.4 Å². The van der Waals surface area contributed by atoms with Crippen molar-refractivity contribution in [1.82, 2.24) is 15.1 Å². The number of nitrogens with zero attached hydrogens (tertiary/aromatic N) is 3. The molecule has 2 aromatic rings. The molecular formula is C17H23N3O3. The fourth-order valence-electron chi connectivity index (χ4n) is 2.79. The third-order valence-corrected chi connectivity index (χ3v) is 4.04. The van der Waals surface area contributed by atoms with E-state index in [9.17, 15) is 0 Å². The second-order valence-corrected chi connectivity index (χ2v) is 5.79. The third kappa shape index (κ3) is 4.53. The number of rotatable bonds is 7. The first-order valence-electron chi connectivity index (χ1n) is 8.24. The first-order chi connectivity index (χ1) is 11.3. The molecule has 0 unspecified atom stereocenters. The quantitative estimate of drug-likeness (QED) is 0.791. The van der Waals surface area contributed by atoms with E-state index in [0.717, 1.165) is 30.9 Å². The van der Waals surface area contributed by atoms with Crippen LogP contribution in [0.1, 0.15) is 31.6 Å². The van der Waals surface area contributed by atoms with Gasteiger partial charge in [-0.2, -0.15) is 0 Å². The van der Waals surface area contributed by atoms with E-state index in [1.165, 1.54) is 32.4 Å². The fourth-order valence-corrected chi connectivity index (χ4v) is 2.79. The number of hydrogen-bond acceptors (Lipinski definition) is 6. The van der Waals surface area contributed by atoms with Crippen LogP contribution in [0.4, 0.5) is 0 Å². The van der Waals surface area contributed by atoms with Crippen molar-refractivity contribution >= 4 is 0 Å². The lowest BCUT2D eigenvalue weighted by Gasteiger charge is -2.26. The van der Waals surface area contributed by atoms with Crippen LogP contribution < -0.4 is 4.74 Å². The maximum absolute atomic E-state index is 8.94. The van der Waals surface area contributed by atoms with Crippen LogP contribution in [0.15, 0.2) is 28.7 Å². The highest BCUT2D eigenvalue weighted by Gasteiger charge is 2.10. The zero-order valence-corrected chi connectivity index (χ0v) is 13.3. The van der Waals surface area contributed by atoms with E-state index in [2.05, 4.69) is 15.1 Å². The smallest absolute Gasteiger partial charge is 0.247 e. The molecule has 1 aromatic carbocycles. The van der Waals surface area contributed by atoms with Crippen molar-refractivity contribution in [1.29, 1.82) is 0 Å². The highest BCUT2D eigenvalue weighted by Crippen LogP contribution is 2.21. The molecule has 0 saturated carbocycles. The molecule has 1 aromatic heterocycles. The van der Waals surface area contributed by atoms with Crippen molar-refractivity contribution < 1.29 is 14.3 Å². The van der Waals surface area contributed by atoms with Crippen molar-refractivity contribution in [2.24, 2.45) is 0 Å². The summed E-state index contributed by atoms with van der Waals surface area (Å²) in [6.07, 6.45) is 5.08. The van der Waals surface area contributed by atoms with Gasteiger partial charge < -0.3 is 19.2 Å². The van der Waals surface area contributed by atoms with Crippen molar-refractivity contribution in [2.45, 2.75) is 32.3 Å². The number of ether oxygens (including phenoxy) is 1. The summed E-state index contributed by atoms with van der Waals surface area (Å²) in [5, 5.41) is 16.6. The minimum absolute atomic E-state index is 0.220. The molecule has 1 aliphatic heterocycles. The van der Waals surface area contributed by atoms with Crippen LogP contribution in [-0.2, 0) is 6.61 Å². The molecule has 6 heteroatoms. The molecule has 2 heterocycles. The van der Waals surface area contributed by atoms with Gasteiger partial charge in [-0.25, -0.2) is 0 Å². The second kappa shape index (κ2) is 8.08. The van der Waals surface area contributed by atoms with Crippen LogP contribution in [0, 0.1) is 0 Å². The summed E-state index contributed by atoms with van der Waals surface area (Å²) in [5.74, 6) is 1.47. The standard InChI is InChI=1S/C17H23N3O3/c21-13-16-18-19-17(23-16)14-5-7-15(8-6-14)22-12-4-11-20-9-2-1-3-10-20/h5-8,21H,1-4,9-13H2. The van der Waals surface area contributed by atoms with Gasteiger partial charge in [-0.3, -0.25) is 0 Å². The summed E-state index contributed by atoms with van der Waals surface area (Å²) in [6.45, 7) is 4.06. The Labute approximate surface area is 136 Å². The molecule has 1 aliphatic rings. The fraction of sp³-hybridized carbons (Fsp3) is 0.529. The molecule has 0 atom stereocenters. The van der Waals surface area contributed by atoms with Crippen LogP contribution in [0.2, 0.25) is 0 Å². The molecule has 1 N–H and O–H groups in total. The molecule has 23 heavy (non-hydrogen) atoms. The number of piperidine rings is 1. The summed E-state index contributed by atoms with van der Waals surface area (Å²) >= 11 is 0. The molecule has 0 spiro atoms. The number of benzene rings is 1. The largest absolute Gasteiger partial charge is 0.494 e. The van der Waals surface area contributed by atoms with Gasteiger partial charge in [0.15, 0.2) is 0 Å². The highest BCUT2D eigenvalue weighted by molar-refractivity contribution is 5.53. The Kier molecular flexibility index (Phi) is 5.60.